The number of nitrogens with one attached hydrogen (secondary N) is 1. The lowest BCUT2D eigenvalue weighted by atomic mass is 10.2. The van der Waals surface area contributed by atoms with Gasteiger partial charge in [0.05, 0.1) is 27.6 Å². The molecule has 0 radical (unpaired) electrons. The fraction of sp³-hybridized carbons (Fsp3) is 0.312. The van der Waals surface area contributed by atoms with Crippen LogP contribution in [0.2, 0.25) is 5.02 Å². The quantitative estimate of drug-likeness (QED) is 0.796. The van der Waals surface area contributed by atoms with Crippen molar-refractivity contribution in [1.82, 2.24) is 9.80 Å². The molecule has 1 fully saturated rings. The lowest BCUT2D eigenvalue weighted by molar-refractivity contribution is 0.216. The van der Waals surface area contributed by atoms with E-state index in [1.54, 1.807) is 11.3 Å². The fourth-order valence-electron chi connectivity index (χ4n) is 2.86. The number of fused-ring (bicyclic) bond motifs is 2. The Labute approximate surface area is 139 Å². The lowest BCUT2D eigenvalue weighted by Crippen LogP contribution is -2.47. The zero-order valence-corrected chi connectivity index (χ0v) is 13.9. The first-order chi connectivity index (χ1) is 10.7. The number of benzene rings is 1. The highest BCUT2D eigenvalue weighted by atomic mass is 35.5. The summed E-state index contributed by atoms with van der Waals surface area (Å²) in [6.07, 6.45) is 0. The Morgan fingerprint density at radius 3 is 2.82 bits per heavy atom. The van der Waals surface area contributed by atoms with Crippen molar-refractivity contribution in [3.05, 3.63) is 39.5 Å². The van der Waals surface area contributed by atoms with Gasteiger partial charge in [-0.15, -0.1) is 11.3 Å². The van der Waals surface area contributed by atoms with Crippen LogP contribution in [0.15, 0.2) is 34.0 Å². The molecule has 0 unspecified atom stereocenters. The van der Waals surface area contributed by atoms with E-state index in [9.17, 15) is 0 Å². The van der Waals surface area contributed by atoms with Crippen LogP contribution in [0.3, 0.4) is 0 Å². The molecule has 3 heterocycles. The molecule has 1 aromatic carbocycles. The number of piperazine rings is 1. The average molecular weight is 333 g/mol. The van der Waals surface area contributed by atoms with Crippen molar-refractivity contribution in [1.29, 1.82) is 0 Å². The summed E-state index contributed by atoms with van der Waals surface area (Å²) < 4.78 is 0. The van der Waals surface area contributed by atoms with Gasteiger partial charge < -0.3 is 15.1 Å². The molecule has 0 amide bonds. The van der Waals surface area contributed by atoms with Gasteiger partial charge in [0.1, 0.15) is 5.84 Å². The predicted octanol–water partition coefficient (Wildman–Crippen LogP) is 3.78. The van der Waals surface area contributed by atoms with Gasteiger partial charge in [0.2, 0.25) is 0 Å². The van der Waals surface area contributed by atoms with Crippen LogP contribution in [0.4, 0.5) is 17.1 Å². The molecule has 0 atom stereocenters. The van der Waals surface area contributed by atoms with E-state index in [1.165, 1.54) is 5.56 Å². The number of para-hydroxylation sites is 1. The number of rotatable bonds is 0. The minimum Gasteiger partial charge on any atom is -0.353 e. The number of hydrogen-bond donors (Lipinski definition) is 1. The maximum atomic E-state index is 6.35. The SMILES string of the molecule is CN1CCN(C2=Nc3cccc(Cl)c3Nc3cscc32)CC1. The minimum absolute atomic E-state index is 0.707. The van der Waals surface area contributed by atoms with E-state index in [-0.39, 0.29) is 0 Å². The monoisotopic (exact) mass is 332 g/mol. The lowest BCUT2D eigenvalue weighted by Gasteiger charge is -2.34. The van der Waals surface area contributed by atoms with Crippen LogP contribution in [0.25, 0.3) is 0 Å². The van der Waals surface area contributed by atoms with Crippen LogP contribution in [0.5, 0.6) is 0 Å². The Bertz CT molecular complexity index is 731. The Hall–Kier alpha value is -1.56. The van der Waals surface area contributed by atoms with E-state index < -0.39 is 0 Å². The van der Waals surface area contributed by atoms with Gasteiger partial charge in [0, 0.05) is 36.9 Å². The van der Waals surface area contributed by atoms with Gasteiger partial charge in [-0.2, -0.15) is 0 Å². The van der Waals surface area contributed by atoms with E-state index in [0.717, 1.165) is 49.1 Å². The Kier molecular flexibility index (Phi) is 3.56. The highest BCUT2D eigenvalue weighted by molar-refractivity contribution is 7.08. The van der Waals surface area contributed by atoms with Crippen LogP contribution in [0.1, 0.15) is 5.56 Å². The molecule has 0 spiro atoms. The largest absolute Gasteiger partial charge is 0.353 e. The number of nitrogens with zero attached hydrogens (tertiary/aromatic N) is 3. The predicted molar refractivity (Wildman–Crippen MR) is 94.3 cm³/mol. The molecule has 2 aliphatic heterocycles. The molecular formula is C16H17ClN4S. The summed E-state index contributed by atoms with van der Waals surface area (Å²) in [6, 6.07) is 5.86. The second kappa shape index (κ2) is 5.57. The van der Waals surface area contributed by atoms with Crippen molar-refractivity contribution in [2.75, 3.05) is 38.5 Å². The number of thiophene rings is 1. The molecular weight excluding hydrogens is 316 g/mol. The molecule has 1 N–H and O–H groups in total. The minimum atomic E-state index is 0.707. The molecule has 2 aromatic rings. The number of anilines is 2. The highest BCUT2D eigenvalue weighted by Crippen LogP contribution is 2.40. The maximum absolute atomic E-state index is 6.35. The molecule has 4 rings (SSSR count). The fourth-order valence-corrected chi connectivity index (χ4v) is 3.84. The summed E-state index contributed by atoms with van der Waals surface area (Å²) in [7, 11) is 2.17. The first kappa shape index (κ1) is 14.1. The van der Waals surface area contributed by atoms with E-state index in [2.05, 4.69) is 32.9 Å². The molecule has 0 bridgehead atoms. The summed E-state index contributed by atoms with van der Waals surface area (Å²) in [6.45, 7) is 4.13. The third-order valence-corrected chi connectivity index (χ3v) is 5.24. The first-order valence-electron chi connectivity index (χ1n) is 7.36. The van der Waals surface area contributed by atoms with Crippen LogP contribution >= 0.6 is 22.9 Å². The van der Waals surface area contributed by atoms with E-state index >= 15 is 0 Å². The molecule has 0 aliphatic carbocycles. The van der Waals surface area contributed by atoms with Gasteiger partial charge in [-0.1, -0.05) is 17.7 Å². The Morgan fingerprint density at radius 1 is 1.18 bits per heavy atom. The van der Waals surface area contributed by atoms with E-state index in [1.807, 2.05) is 18.2 Å². The highest BCUT2D eigenvalue weighted by Gasteiger charge is 2.25. The molecule has 2 aliphatic rings. The topological polar surface area (TPSA) is 30.9 Å². The van der Waals surface area contributed by atoms with Gasteiger partial charge >= 0.3 is 0 Å². The van der Waals surface area contributed by atoms with Crippen molar-refractivity contribution in [2.24, 2.45) is 4.99 Å². The zero-order chi connectivity index (χ0) is 15.1. The van der Waals surface area contributed by atoms with Crippen molar-refractivity contribution in [3.63, 3.8) is 0 Å². The van der Waals surface area contributed by atoms with Gasteiger partial charge in [-0.05, 0) is 19.2 Å². The Morgan fingerprint density at radius 2 is 2.00 bits per heavy atom. The standard InChI is InChI=1S/C16H17ClN4S/c1-20-5-7-21(8-6-20)16-11-9-22-10-14(11)18-15-12(17)3-2-4-13(15)19-16/h2-4,9-10,18H,5-8H2,1H3. The Balaban J connectivity index is 1.81. The molecule has 6 heteroatoms. The van der Waals surface area contributed by atoms with Crippen LogP contribution in [-0.4, -0.2) is 48.9 Å². The summed E-state index contributed by atoms with van der Waals surface area (Å²) in [4.78, 5) is 9.68. The van der Waals surface area contributed by atoms with Crippen molar-refractivity contribution in [2.45, 2.75) is 0 Å². The van der Waals surface area contributed by atoms with Gasteiger partial charge in [0.25, 0.3) is 0 Å². The van der Waals surface area contributed by atoms with Crippen LogP contribution in [0, 0.1) is 0 Å². The zero-order valence-electron chi connectivity index (χ0n) is 12.3. The van der Waals surface area contributed by atoms with Gasteiger partial charge in [-0.25, -0.2) is 4.99 Å². The molecule has 1 saturated heterocycles. The number of aliphatic imine (C=N–C) groups is 1. The van der Waals surface area contributed by atoms with Gasteiger partial charge in [0.15, 0.2) is 0 Å². The normalized spacial score (nSPS) is 18.1. The van der Waals surface area contributed by atoms with Crippen molar-refractivity contribution >= 4 is 45.8 Å². The molecule has 1 aromatic heterocycles. The number of amidine groups is 1. The van der Waals surface area contributed by atoms with Crippen LogP contribution < -0.4 is 5.32 Å². The summed E-state index contributed by atoms with van der Waals surface area (Å²) in [5.41, 5.74) is 4.06. The third-order valence-electron chi connectivity index (χ3n) is 4.18. The number of hydrogen-bond acceptors (Lipinski definition) is 5. The maximum Gasteiger partial charge on any atom is 0.139 e. The first-order valence-corrected chi connectivity index (χ1v) is 8.69. The third kappa shape index (κ3) is 2.39. The van der Waals surface area contributed by atoms with E-state index in [0.29, 0.717) is 5.02 Å². The van der Waals surface area contributed by atoms with Crippen LogP contribution in [-0.2, 0) is 0 Å². The van der Waals surface area contributed by atoms with E-state index in [4.69, 9.17) is 16.6 Å². The molecule has 0 saturated carbocycles. The second-order valence-electron chi connectivity index (χ2n) is 5.68. The molecule has 4 nitrogen and oxygen atoms in total. The average Bonchev–Trinajstić information content (AvgIpc) is 2.91. The summed E-state index contributed by atoms with van der Waals surface area (Å²) in [5, 5.41) is 8.45. The number of halogens is 1. The molecule has 22 heavy (non-hydrogen) atoms. The van der Waals surface area contributed by atoms with Gasteiger partial charge in [-0.3, -0.25) is 0 Å². The molecule has 114 valence electrons. The number of likely N-dealkylation sites (N-methyl/N-ethyl adjacent to an activating group) is 1. The summed E-state index contributed by atoms with van der Waals surface area (Å²) >= 11 is 8.04. The second-order valence-corrected chi connectivity index (χ2v) is 6.83. The van der Waals surface area contributed by atoms with Crippen molar-refractivity contribution in [3.8, 4) is 0 Å². The van der Waals surface area contributed by atoms with Crippen molar-refractivity contribution < 1.29 is 0 Å². The smallest absolute Gasteiger partial charge is 0.139 e. The summed E-state index contributed by atoms with van der Waals surface area (Å²) in [5.74, 6) is 1.05.